The van der Waals surface area contributed by atoms with E-state index in [4.69, 9.17) is 20.2 Å². The van der Waals surface area contributed by atoms with Crippen LogP contribution in [0.2, 0.25) is 0 Å². The Balaban J connectivity index is 1.47. The molecular formula is C18H20F2N6O3S2. The van der Waals surface area contributed by atoms with Gasteiger partial charge in [-0.05, 0) is 13.3 Å². The molecule has 0 spiro atoms. The van der Waals surface area contributed by atoms with Gasteiger partial charge in [-0.3, -0.25) is 4.79 Å². The number of carbonyl (C=O) groups is 1. The third-order valence-corrected chi connectivity index (χ3v) is 6.92. The lowest BCUT2D eigenvalue weighted by Crippen LogP contribution is -2.49. The molecule has 0 bridgehead atoms. The van der Waals surface area contributed by atoms with E-state index in [1.807, 2.05) is 6.92 Å². The van der Waals surface area contributed by atoms with E-state index in [0.717, 1.165) is 29.6 Å². The first-order valence-corrected chi connectivity index (χ1v) is 11.3. The number of carbonyl (C=O) groups excluding carboxylic acids is 1. The van der Waals surface area contributed by atoms with Gasteiger partial charge in [0.05, 0.1) is 25.1 Å². The summed E-state index contributed by atoms with van der Waals surface area (Å²) in [5.41, 5.74) is 5.36. The van der Waals surface area contributed by atoms with Gasteiger partial charge in [-0.15, -0.1) is 11.3 Å². The van der Waals surface area contributed by atoms with E-state index in [9.17, 15) is 13.6 Å². The lowest BCUT2D eigenvalue weighted by molar-refractivity contribution is -0.0466. The number of halogens is 2. The summed E-state index contributed by atoms with van der Waals surface area (Å²) in [4.78, 5) is 29.5. The molecule has 0 radical (unpaired) electrons. The Labute approximate surface area is 184 Å². The predicted molar refractivity (Wildman–Crippen MR) is 113 cm³/mol. The summed E-state index contributed by atoms with van der Waals surface area (Å²) in [7, 11) is 0. The molecule has 1 saturated heterocycles. The van der Waals surface area contributed by atoms with E-state index in [0.29, 0.717) is 17.6 Å². The molecule has 4 heterocycles. The standard InChI is InChI=1S/C18H20F2N6O3S2/c1-9-2-10-6-31-17(21)26-18(10,8-29-9)16-25-13(7-30-16)24-15(27)11-3-23-14(4-22-11)28-5-12(19)20/h3-4,7,9-10,12H,2,5-6,8H2,1H3,(H2,21,26)(H,24,27)/t9-,10-,18?/m0/s1. The SMILES string of the molecule is C[C@H]1C[C@H]2CSC(N)=NC2(c2nc(NC(=O)c3cnc(OCC(F)F)cn3)cs2)CO1. The van der Waals surface area contributed by atoms with Crippen molar-refractivity contribution in [2.24, 2.45) is 16.6 Å². The quantitative estimate of drug-likeness (QED) is 0.660. The molecule has 0 aromatic carbocycles. The van der Waals surface area contributed by atoms with E-state index in [2.05, 4.69) is 20.3 Å². The molecule has 3 atom stereocenters. The Morgan fingerprint density at radius 3 is 3.03 bits per heavy atom. The zero-order valence-corrected chi connectivity index (χ0v) is 18.1. The van der Waals surface area contributed by atoms with Crippen molar-refractivity contribution >= 4 is 40.0 Å². The Morgan fingerprint density at radius 1 is 1.45 bits per heavy atom. The molecule has 2 aliphatic heterocycles. The maximum Gasteiger partial charge on any atom is 0.277 e. The van der Waals surface area contributed by atoms with Crippen LogP contribution in [-0.4, -0.2) is 57.5 Å². The van der Waals surface area contributed by atoms with Crippen molar-refractivity contribution in [3.05, 3.63) is 28.5 Å². The summed E-state index contributed by atoms with van der Waals surface area (Å²) in [6.45, 7) is 1.62. The van der Waals surface area contributed by atoms with Crippen LogP contribution < -0.4 is 15.8 Å². The zero-order chi connectivity index (χ0) is 22.0. The number of nitrogens with two attached hydrogens (primary N) is 1. The number of thioether (sulfide) groups is 1. The van der Waals surface area contributed by atoms with E-state index < -0.39 is 24.5 Å². The van der Waals surface area contributed by atoms with E-state index in [-0.39, 0.29) is 23.6 Å². The molecule has 13 heteroatoms. The molecule has 2 aromatic rings. The van der Waals surface area contributed by atoms with E-state index in [1.54, 1.807) is 5.38 Å². The third kappa shape index (κ3) is 4.77. The fraction of sp³-hybridized carbons (Fsp3) is 0.500. The number of hydrogen-bond donors (Lipinski definition) is 2. The first-order chi connectivity index (χ1) is 14.9. The maximum atomic E-state index is 12.5. The molecule has 9 nitrogen and oxygen atoms in total. The summed E-state index contributed by atoms with van der Waals surface area (Å²) < 4.78 is 35.0. The number of thiazole rings is 1. The number of amides is 1. The van der Waals surface area contributed by atoms with Crippen LogP contribution in [0.25, 0.3) is 0 Å². The number of aromatic nitrogens is 3. The number of alkyl halides is 2. The fourth-order valence-corrected chi connectivity index (χ4v) is 5.42. The van der Waals surface area contributed by atoms with Gasteiger partial charge in [0.1, 0.15) is 22.1 Å². The highest BCUT2D eigenvalue weighted by Gasteiger charge is 2.49. The number of anilines is 1. The highest BCUT2D eigenvalue weighted by Crippen LogP contribution is 2.47. The van der Waals surface area contributed by atoms with Crippen molar-refractivity contribution in [2.75, 3.05) is 24.3 Å². The van der Waals surface area contributed by atoms with Gasteiger partial charge in [0, 0.05) is 17.1 Å². The zero-order valence-electron chi connectivity index (χ0n) is 16.5. The van der Waals surface area contributed by atoms with Crippen LogP contribution in [0, 0.1) is 5.92 Å². The first kappa shape index (κ1) is 21.8. The molecule has 2 aliphatic rings. The van der Waals surface area contributed by atoms with Gasteiger partial charge in [0.2, 0.25) is 5.88 Å². The number of hydrogen-bond acceptors (Lipinski definition) is 10. The fourth-order valence-electron chi connectivity index (χ4n) is 3.45. The number of amidine groups is 1. The minimum atomic E-state index is -2.62. The normalized spacial score (nSPS) is 25.6. The van der Waals surface area contributed by atoms with Gasteiger partial charge in [0.15, 0.2) is 11.8 Å². The predicted octanol–water partition coefficient (Wildman–Crippen LogP) is 2.51. The van der Waals surface area contributed by atoms with Crippen LogP contribution in [-0.2, 0) is 10.3 Å². The molecule has 3 N–H and O–H groups in total. The second-order valence-electron chi connectivity index (χ2n) is 7.17. The van der Waals surface area contributed by atoms with Crippen LogP contribution >= 0.6 is 23.1 Å². The topological polar surface area (TPSA) is 125 Å². The second kappa shape index (κ2) is 9.01. The summed E-state index contributed by atoms with van der Waals surface area (Å²) in [5, 5.41) is 5.62. The maximum absolute atomic E-state index is 12.5. The van der Waals surface area contributed by atoms with Crippen LogP contribution in [0.5, 0.6) is 5.88 Å². The monoisotopic (exact) mass is 470 g/mol. The van der Waals surface area contributed by atoms with Crippen LogP contribution in [0.1, 0.15) is 28.8 Å². The molecule has 1 fully saturated rings. The molecule has 1 amide bonds. The number of nitrogens with zero attached hydrogens (tertiary/aromatic N) is 4. The number of nitrogens with one attached hydrogen (secondary N) is 1. The lowest BCUT2D eigenvalue weighted by Gasteiger charge is -2.44. The van der Waals surface area contributed by atoms with Crippen molar-refractivity contribution in [3.8, 4) is 5.88 Å². The van der Waals surface area contributed by atoms with Gasteiger partial charge in [0.25, 0.3) is 12.3 Å². The first-order valence-electron chi connectivity index (χ1n) is 9.46. The van der Waals surface area contributed by atoms with Gasteiger partial charge < -0.3 is 20.5 Å². The van der Waals surface area contributed by atoms with Gasteiger partial charge in [-0.1, -0.05) is 11.8 Å². The third-order valence-electron chi connectivity index (χ3n) is 4.96. The second-order valence-corrected chi connectivity index (χ2v) is 9.07. The molecular weight excluding hydrogens is 450 g/mol. The largest absolute Gasteiger partial charge is 0.470 e. The number of rotatable bonds is 6. The average molecular weight is 471 g/mol. The highest BCUT2D eigenvalue weighted by atomic mass is 32.2. The number of aliphatic imine (C=N–C) groups is 1. The smallest absolute Gasteiger partial charge is 0.277 e. The summed E-state index contributed by atoms with van der Waals surface area (Å²) in [6.07, 6.45) is 0.630. The van der Waals surface area contributed by atoms with Gasteiger partial charge in [-0.2, -0.15) is 0 Å². The highest BCUT2D eigenvalue weighted by molar-refractivity contribution is 8.13. The van der Waals surface area contributed by atoms with Crippen molar-refractivity contribution in [2.45, 2.75) is 31.4 Å². The molecule has 31 heavy (non-hydrogen) atoms. The Bertz CT molecular complexity index is 973. The van der Waals surface area contributed by atoms with Crippen LogP contribution in [0.3, 0.4) is 0 Å². The molecule has 4 rings (SSSR count). The van der Waals surface area contributed by atoms with Crippen molar-refractivity contribution in [1.29, 1.82) is 0 Å². The van der Waals surface area contributed by atoms with Crippen LogP contribution in [0.15, 0.2) is 22.8 Å². The van der Waals surface area contributed by atoms with Gasteiger partial charge in [-0.25, -0.2) is 28.7 Å². The average Bonchev–Trinajstić information content (AvgIpc) is 3.22. The number of fused-ring (bicyclic) bond motifs is 1. The van der Waals surface area contributed by atoms with Crippen molar-refractivity contribution in [3.63, 3.8) is 0 Å². The Hall–Kier alpha value is -2.38. The summed E-state index contributed by atoms with van der Waals surface area (Å²) in [6, 6.07) is 0. The summed E-state index contributed by atoms with van der Waals surface area (Å²) in [5.74, 6) is 0.794. The Kier molecular flexibility index (Phi) is 6.34. The molecule has 1 unspecified atom stereocenters. The van der Waals surface area contributed by atoms with E-state index in [1.165, 1.54) is 23.1 Å². The van der Waals surface area contributed by atoms with Gasteiger partial charge >= 0.3 is 0 Å². The van der Waals surface area contributed by atoms with E-state index >= 15 is 0 Å². The molecule has 0 aliphatic carbocycles. The van der Waals surface area contributed by atoms with Crippen LogP contribution in [0.4, 0.5) is 14.6 Å². The molecule has 0 saturated carbocycles. The molecule has 166 valence electrons. The lowest BCUT2D eigenvalue weighted by atomic mass is 9.80. The Morgan fingerprint density at radius 2 is 2.29 bits per heavy atom. The van der Waals surface area contributed by atoms with Crippen molar-refractivity contribution in [1.82, 2.24) is 15.0 Å². The molecule has 2 aromatic heterocycles. The van der Waals surface area contributed by atoms with Crippen molar-refractivity contribution < 1.29 is 23.0 Å². The minimum Gasteiger partial charge on any atom is -0.470 e. The minimum absolute atomic E-state index is 0.00106. The number of ether oxygens (including phenoxy) is 2. The summed E-state index contributed by atoms with van der Waals surface area (Å²) >= 11 is 2.91.